The molecule has 0 saturated heterocycles. The first-order valence-corrected chi connectivity index (χ1v) is 5.57. The second kappa shape index (κ2) is 5.49. The van der Waals surface area contributed by atoms with Crippen molar-refractivity contribution in [3.8, 4) is 0 Å². The molecule has 0 aliphatic heterocycles. The molecule has 0 atom stereocenters. The van der Waals surface area contributed by atoms with Crippen molar-refractivity contribution in [2.75, 3.05) is 18.0 Å². The molecule has 0 aromatic heterocycles. The van der Waals surface area contributed by atoms with Gasteiger partial charge in [-0.05, 0) is 0 Å². The number of hydrogen-bond acceptors (Lipinski definition) is 1. The van der Waals surface area contributed by atoms with Gasteiger partial charge in [0.2, 0.25) is 0 Å². The van der Waals surface area contributed by atoms with Gasteiger partial charge in [-0.15, -0.1) is 0 Å². The standard InChI is InChI=1S/C12H18N.Li/c1-5-13(6-2)12-8-7-10(3)9-11(12)4;/h7-9H,4-6H2,1-3H3;. The third-order valence-electron chi connectivity index (χ3n) is 2.72. The van der Waals surface area contributed by atoms with Crippen molar-refractivity contribution >= 4 is 23.4 Å². The third kappa shape index (κ3) is 2.56. The zero-order valence-electron chi connectivity index (χ0n) is 9.80. The maximum absolute atomic E-state index is 2.41. The fourth-order valence-electron chi connectivity index (χ4n) is 1.87. The first-order chi connectivity index (χ1) is 6.72. The molecule has 0 heterocycles. The summed E-state index contributed by atoms with van der Waals surface area (Å²) in [6.07, 6.45) is 0. The Balaban J connectivity index is 3.06. The third-order valence-corrected chi connectivity index (χ3v) is 2.72. The molecule has 14 heavy (non-hydrogen) atoms. The molecule has 0 spiro atoms. The predicted octanol–water partition coefficient (Wildman–Crippen LogP) is 2.51. The van der Waals surface area contributed by atoms with Gasteiger partial charge in [0.15, 0.2) is 0 Å². The molecular weight excluding hydrogens is 165 g/mol. The van der Waals surface area contributed by atoms with Crippen molar-refractivity contribution < 1.29 is 0 Å². The summed E-state index contributed by atoms with van der Waals surface area (Å²) in [6, 6.07) is 6.75. The van der Waals surface area contributed by atoms with Gasteiger partial charge in [0.1, 0.15) is 0 Å². The molecule has 0 aliphatic carbocycles. The monoisotopic (exact) mass is 183 g/mol. The van der Waals surface area contributed by atoms with Crippen LogP contribution in [0.4, 0.5) is 5.69 Å². The molecule has 0 aliphatic rings. The fourth-order valence-corrected chi connectivity index (χ4v) is 1.87. The van der Waals surface area contributed by atoms with Crippen LogP contribution in [0.5, 0.6) is 0 Å². The Morgan fingerprint density at radius 2 is 1.86 bits per heavy atom. The maximum atomic E-state index is 2.41. The van der Waals surface area contributed by atoms with Crippen LogP contribution in [0.3, 0.4) is 0 Å². The van der Waals surface area contributed by atoms with E-state index >= 15 is 0 Å². The first-order valence-electron chi connectivity index (χ1n) is 5.57. The molecule has 0 saturated carbocycles. The molecule has 2 heteroatoms. The molecule has 1 rings (SSSR count). The van der Waals surface area contributed by atoms with Crippen molar-refractivity contribution in [1.29, 1.82) is 0 Å². The minimum absolute atomic E-state index is 1.09. The van der Waals surface area contributed by atoms with Crippen molar-refractivity contribution in [2.24, 2.45) is 0 Å². The number of hydrogen-bond donors (Lipinski definition) is 0. The molecule has 0 bridgehead atoms. The van der Waals surface area contributed by atoms with E-state index in [9.17, 15) is 0 Å². The predicted molar refractivity (Wildman–Crippen MR) is 64.2 cm³/mol. The van der Waals surface area contributed by atoms with Gasteiger partial charge in [0.05, 0.1) is 0 Å². The van der Waals surface area contributed by atoms with Gasteiger partial charge >= 0.3 is 96.6 Å². The first kappa shape index (κ1) is 11.7. The molecule has 1 nitrogen and oxygen atoms in total. The van der Waals surface area contributed by atoms with E-state index in [-0.39, 0.29) is 0 Å². The quantitative estimate of drug-likeness (QED) is 0.648. The molecule has 72 valence electrons. The van der Waals surface area contributed by atoms with Crippen molar-refractivity contribution in [1.82, 2.24) is 0 Å². The summed E-state index contributed by atoms with van der Waals surface area (Å²) in [5.74, 6) is 0. The second-order valence-corrected chi connectivity index (χ2v) is 3.66. The zero-order valence-corrected chi connectivity index (χ0v) is 9.80. The topological polar surface area (TPSA) is 3.24 Å². The van der Waals surface area contributed by atoms with Crippen LogP contribution < -0.4 is 4.90 Å². The Morgan fingerprint density at radius 3 is 2.36 bits per heavy atom. The van der Waals surface area contributed by atoms with Crippen molar-refractivity contribution in [3.05, 3.63) is 29.3 Å². The molecule has 0 amide bonds. The van der Waals surface area contributed by atoms with Crippen LogP contribution in [0, 0.1) is 6.92 Å². The molecule has 0 unspecified atom stereocenters. The van der Waals surface area contributed by atoms with Gasteiger partial charge < -0.3 is 0 Å². The molecule has 1 aromatic carbocycles. The van der Waals surface area contributed by atoms with Crippen LogP contribution >= 0.6 is 0 Å². The van der Waals surface area contributed by atoms with Gasteiger partial charge in [-0.2, -0.15) is 0 Å². The second-order valence-electron chi connectivity index (χ2n) is 3.66. The molecule has 1 aromatic rings. The fraction of sp³-hybridized carbons (Fsp3) is 0.500. The van der Waals surface area contributed by atoms with Gasteiger partial charge in [-0.25, -0.2) is 0 Å². The van der Waals surface area contributed by atoms with Crippen LogP contribution in [0.25, 0.3) is 0 Å². The van der Waals surface area contributed by atoms with Crippen LogP contribution in [0.15, 0.2) is 18.2 Å². The summed E-state index contributed by atoms with van der Waals surface area (Å²) >= 11 is 2.22. The Kier molecular flexibility index (Phi) is 4.58. The van der Waals surface area contributed by atoms with E-state index in [0.29, 0.717) is 0 Å². The summed E-state index contributed by atoms with van der Waals surface area (Å²) in [7, 11) is 0. The summed E-state index contributed by atoms with van der Waals surface area (Å²) in [5.41, 5.74) is 4.23. The zero-order chi connectivity index (χ0) is 10.6. The van der Waals surface area contributed by atoms with E-state index in [1.165, 1.54) is 16.8 Å². The summed E-state index contributed by atoms with van der Waals surface area (Å²) in [5, 5.41) is 1.12. The van der Waals surface area contributed by atoms with E-state index in [2.05, 4.69) is 61.6 Å². The van der Waals surface area contributed by atoms with E-state index in [1.807, 2.05) is 0 Å². The molecule has 0 N–H and O–H groups in total. The van der Waals surface area contributed by atoms with Crippen molar-refractivity contribution in [2.45, 2.75) is 25.9 Å². The Labute approximate surface area is 96.7 Å². The number of aryl methyl sites for hydroxylation is 1. The summed E-state index contributed by atoms with van der Waals surface area (Å²) in [4.78, 5) is 2.41. The summed E-state index contributed by atoms with van der Waals surface area (Å²) < 4.78 is 0. The Morgan fingerprint density at radius 1 is 1.21 bits per heavy atom. The van der Waals surface area contributed by atoms with E-state index in [0.717, 1.165) is 18.2 Å². The van der Waals surface area contributed by atoms with Crippen LogP contribution in [-0.2, 0) is 5.09 Å². The van der Waals surface area contributed by atoms with Crippen LogP contribution in [-0.4, -0.2) is 30.8 Å². The molecule has 0 radical (unpaired) electrons. The van der Waals surface area contributed by atoms with Crippen molar-refractivity contribution in [3.63, 3.8) is 0 Å². The molecular formula is C12H18LiN. The van der Waals surface area contributed by atoms with Gasteiger partial charge in [0.25, 0.3) is 0 Å². The SMILES string of the molecule is [Li][CH2]c1cc(C)ccc1N(CC)CC. The van der Waals surface area contributed by atoms with Crippen LogP contribution in [0.1, 0.15) is 25.0 Å². The van der Waals surface area contributed by atoms with E-state index < -0.39 is 0 Å². The molecule has 0 fully saturated rings. The Hall–Kier alpha value is -0.383. The van der Waals surface area contributed by atoms with Gasteiger partial charge in [0, 0.05) is 0 Å². The number of rotatable bonds is 4. The minimum atomic E-state index is 1.09. The van der Waals surface area contributed by atoms with Crippen LogP contribution in [0.2, 0.25) is 0 Å². The normalized spacial score (nSPS) is 10.4. The number of benzene rings is 1. The Bertz CT molecular complexity index is 292. The number of anilines is 1. The van der Waals surface area contributed by atoms with E-state index in [1.54, 1.807) is 0 Å². The van der Waals surface area contributed by atoms with Gasteiger partial charge in [-0.1, -0.05) is 0 Å². The average Bonchev–Trinajstić information content (AvgIpc) is 2.21. The summed E-state index contributed by atoms with van der Waals surface area (Å²) in [6.45, 7) is 8.76. The van der Waals surface area contributed by atoms with E-state index in [4.69, 9.17) is 0 Å². The van der Waals surface area contributed by atoms with Gasteiger partial charge in [-0.3, -0.25) is 0 Å². The number of nitrogens with zero attached hydrogens (tertiary/aromatic N) is 1. The average molecular weight is 183 g/mol.